The number of nitrogens with one attached hydrogen (secondary N) is 1. The molecule has 2 aromatic heterocycles. The van der Waals surface area contributed by atoms with Crippen molar-refractivity contribution in [3.05, 3.63) is 62.8 Å². The molecule has 5 rings (SSSR count). The number of fused-ring (bicyclic) bond motifs is 1. The van der Waals surface area contributed by atoms with Gasteiger partial charge in [0, 0.05) is 29.8 Å². The number of benzene rings is 1. The number of anilines is 1. The standard InChI is InChI=1S/C29H31ClN4O5S2/c1-5-18-12-17(2)22-13-19(15-24(27(22)33-28(18)31-3)39-21-8-10-38-11-9-21)20-14-23(29(37-4)32-16-20)34-41(35,36)26-7-6-25(30)40-26/h6-7,13-16,21,34H,3,5,8-12H2,1-2,4H3. The summed E-state index contributed by atoms with van der Waals surface area (Å²) in [4.78, 5) is 13.6. The van der Waals surface area contributed by atoms with Gasteiger partial charge in [0.05, 0.1) is 24.7 Å². The Bertz CT molecular complexity index is 1740. The first-order chi connectivity index (χ1) is 19.7. The number of nitrogens with zero attached hydrogens (tertiary/aromatic N) is 3. The second-order valence-corrected chi connectivity index (χ2v) is 13.4. The van der Waals surface area contributed by atoms with Crippen molar-refractivity contribution in [2.75, 3.05) is 25.0 Å². The lowest BCUT2D eigenvalue weighted by molar-refractivity contribution is 0.0250. The molecule has 0 bridgehead atoms. The second-order valence-electron chi connectivity index (χ2n) is 9.75. The van der Waals surface area contributed by atoms with Crippen molar-refractivity contribution in [3.63, 3.8) is 0 Å². The molecule has 216 valence electrons. The number of ether oxygens (including phenoxy) is 3. The van der Waals surface area contributed by atoms with E-state index in [-0.39, 0.29) is 21.9 Å². The summed E-state index contributed by atoms with van der Waals surface area (Å²) in [6.45, 7) is 9.19. The minimum absolute atomic E-state index is 0.0226. The maximum Gasteiger partial charge on any atom is 0.271 e. The summed E-state index contributed by atoms with van der Waals surface area (Å²) in [6.07, 6.45) is 4.67. The van der Waals surface area contributed by atoms with E-state index in [0.29, 0.717) is 46.5 Å². The zero-order chi connectivity index (χ0) is 29.1. The van der Waals surface area contributed by atoms with E-state index < -0.39 is 10.0 Å². The molecule has 0 radical (unpaired) electrons. The first-order valence-corrected chi connectivity index (χ1v) is 15.9. The lowest BCUT2D eigenvalue weighted by Gasteiger charge is -2.24. The van der Waals surface area contributed by atoms with Crippen LogP contribution in [0.25, 0.3) is 16.7 Å². The van der Waals surface area contributed by atoms with E-state index >= 15 is 0 Å². The zero-order valence-electron chi connectivity index (χ0n) is 23.1. The Labute approximate surface area is 248 Å². The van der Waals surface area contributed by atoms with Crippen molar-refractivity contribution in [1.29, 1.82) is 0 Å². The fourth-order valence-corrected chi connectivity index (χ4v) is 7.40. The SMILES string of the molecule is C=NC1=C(CC)CC(C)=c2cc(-c3cnc(OC)c(NS(=O)(=O)c4ccc(Cl)s4)c3)cc(OC3CCOCC3)c2=N1. The molecule has 2 aliphatic rings. The Kier molecular flexibility index (Phi) is 8.79. The van der Waals surface area contributed by atoms with E-state index in [2.05, 4.69) is 35.3 Å². The smallest absolute Gasteiger partial charge is 0.271 e. The number of thiophene rings is 1. The van der Waals surface area contributed by atoms with E-state index in [1.54, 1.807) is 18.3 Å². The summed E-state index contributed by atoms with van der Waals surface area (Å²) < 4.78 is 46.7. The van der Waals surface area contributed by atoms with Gasteiger partial charge in [-0.3, -0.25) is 4.72 Å². The van der Waals surface area contributed by atoms with Gasteiger partial charge in [-0.25, -0.2) is 23.4 Å². The number of halogens is 1. The van der Waals surface area contributed by atoms with Crippen LogP contribution in [-0.4, -0.2) is 46.5 Å². The minimum Gasteiger partial charge on any atom is -0.488 e. The van der Waals surface area contributed by atoms with Crippen LogP contribution in [0.15, 0.2) is 62.1 Å². The number of hydrogen-bond acceptors (Lipinski definition) is 9. The average Bonchev–Trinajstić information content (AvgIpc) is 3.36. The predicted octanol–water partition coefficient (Wildman–Crippen LogP) is 5.35. The highest BCUT2D eigenvalue weighted by molar-refractivity contribution is 7.94. The summed E-state index contributed by atoms with van der Waals surface area (Å²) in [5.74, 6) is 1.38. The minimum atomic E-state index is -3.91. The molecule has 9 nitrogen and oxygen atoms in total. The maximum atomic E-state index is 13.1. The quantitative estimate of drug-likeness (QED) is 0.325. The molecule has 4 heterocycles. The van der Waals surface area contributed by atoms with Crippen LogP contribution in [-0.2, 0) is 14.8 Å². The maximum absolute atomic E-state index is 13.1. The third kappa shape index (κ3) is 6.33. The number of sulfonamides is 1. The van der Waals surface area contributed by atoms with Gasteiger partial charge >= 0.3 is 0 Å². The summed E-state index contributed by atoms with van der Waals surface area (Å²) >= 11 is 6.95. The van der Waals surface area contributed by atoms with Gasteiger partial charge in [0.2, 0.25) is 5.88 Å². The van der Waals surface area contributed by atoms with Gasteiger partial charge in [-0.05, 0) is 68.0 Å². The molecule has 1 saturated heterocycles. The lowest BCUT2D eigenvalue weighted by atomic mass is 9.99. The van der Waals surface area contributed by atoms with Gasteiger partial charge < -0.3 is 14.2 Å². The van der Waals surface area contributed by atoms with E-state index in [4.69, 9.17) is 30.8 Å². The normalized spacial score (nSPS) is 16.0. The molecule has 0 unspecified atom stereocenters. The monoisotopic (exact) mass is 614 g/mol. The highest BCUT2D eigenvalue weighted by Crippen LogP contribution is 2.33. The number of aromatic nitrogens is 1. The highest BCUT2D eigenvalue weighted by atomic mass is 35.5. The number of pyridine rings is 1. The number of methoxy groups -OCH3 is 1. The van der Waals surface area contributed by atoms with E-state index in [0.717, 1.165) is 52.5 Å². The Morgan fingerprint density at radius 3 is 2.66 bits per heavy atom. The second kappa shape index (κ2) is 12.3. The van der Waals surface area contributed by atoms with Gasteiger partial charge in [-0.15, -0.1) is 11.3 Å². The molecule has 0 spiro atoms. The average molecular weight is 615 g/mol. The largest absolute Gasteiger partial charge is 0.488 e. The molecule has 0 atom stereocenters. The summed E-state index contributed by atoms with van der Waals surface area (Å²) in [6, 6.07) is 8.65. The Balaban J connectivity index is 1.65. The van der Waals surface area contributed by atoms with Crippen LogP contribution in [0.5, 0.6) is 11.6 Å². The van der Waals surface area contributed by atoms with E-state index in [1.165, 1.54) is 13.2 Å². The molecule has 0 saturated carbocycles. The summed E-state index contributed by atoms with van der Waals surface area (Å²) in [7, 11) is -2.47. The van der Waals surface area contributed by atoms with Gasteiger partial charge in [0.1, 0.15) is 27.1 Å². The first kappa shape index (κ1) is 29.2. The molecule has 41 heavy (non-hydrogen) atoms. The van der Waals surface area contributed by atoms with Crippen molar-refractivity contribution in [1.82, 2.24) is 4.98 Å². The molecule has 3 aromatic rings. The Morgan fingerprint density at radius 1 is 1.22 bits per heavy atom. The van der Waals surface area contributed by atoms with Crippen LogP contribution in [0, 0.1) is 0 Å². The van der Waals surface area contributed by atoms with Gasteiger partial charge in [-0.1, -0.05) is 24.1 Å². The van der Waals surface area contributed by atoms with Crippen LogP contribution >= 0.6 is 22.9 Å². The molecule has 1 fully saturated rings. The fraction of sp³-hybridized carbons (Fsp3) is 0.345. The number of aliphatic imine (C=N–C) groups is 1. The van der Waals surface area contributed by atoms with Crippen molar-refractivity contribution >= 4 is 50.9 Å². The van der Waals surface area contributed by atoms with Crippen molar-refractivity contribution in [2.45, 2.75) is 49.8 Å². The molecule has 0 aliphatic carbocycles. The summed E-state index contributed by atoms with van der Waals surface area (Å²) in [5.41, 5.74) is 3.90. The van der Waals surface area contributed by atoms with Crippen molar-refractivity contribution in [2.24, 2.45) is 9.98 Å². The molecule has 12 heteroatoms. The first-order valence-electron chi connectivity index (χ1n) is 13.2. The van der Waals surface area contributed by atoms with Crippen molar-refractivity contribution in [3.8, 4) is 22.8 Å². The zero-order valence-corrected chi connectivity index (χ0v) is 25.5. The van der Waals surface area contributed by atoms with Crippen LogP contribution in [0.1, 0.15) is 39.5 Å². The highest BCUT2D eigenvalue weighted by Gasteiger charge is 2.22. The molecule has 0 amide bonds. The number of allylic oxidation sites excluding steroid dienone is 1. The Hall–Kier alpha value is -3.25. The van der Waals surface area contributed by atoms with Gasteiger partial charge in [0.25, 0.3) is 10.0 Å². The third-order valence-corrected chi connectivity index (χ3v) is 10.1. The molecule has 1 aromatic carbocycles. The van der Waals surface area contributed by atoms with Gasteiger partial charge in [0.15, 0.2) is 5.82 Å². The summed E-state index contributed by atoms with van der Waals surface area (Å²) in [5, 5.41) is 1.64. The van der Waals surface area contributed by atoms with Crippen LogP contribution in [0.4, 0.5) is 5.69 Å². The predicted molar refractivity (Wildman–Crippen MR) is 162 cm³/mol. The Morgan fingerprint density at radius 2 is 2.00 bits per heavy atom. The number of hydrogen-bond donors (Lipinski definition) is 1. The van der Waals surface area contributed by atoms with Gasteiger partial charge in [-0.2, -0.15) is 0 Å². The topological polar surface area (TPSA) is 111 Å². The van der Waals surface area contributed by atoms with Crippen LogP contribution in [0.2, 0.25) is 4.34 Å². The molecular weight excluding hydrogens is 584 g/mol. The molecule has 2 aliphatic heterocycles. The van der Waals surface area contributed by atoms with Crippen molar-refractivity contribution < 1.29 is 22.6 Å². The van der Waals surface area contributed by atoms with Crippen LogP contribution in [0.3, 0.4) is 0 Å². The van der Waals surface area contributed by atoms with Crippen LogP contribution < -0.4 is 24.8 Å². The third-order valence-electron chi connectivity index (χ3n) is 7.02. The fourth-order valence-electron chi connectivity index (χ4n) is 4.87. The van der Waals surface area contributed by atoms with E-state index in [9.17, 15) is 8.42 Å². The number of rotatable bonds is 9. The molecule has 1 N–H and O–H groups in total. The van der Waals surface area contributed by atoms with E-state index in [1.807, 2.05) is 12.1 Å². The molecular formula is C29H31ClN4O5S2. The lowest BCUT2D eigenvalue weighted by Crippen LogP contribution is -2.33.